The summed E-state index contributed by atoms with van der Waals surface area (Å²) in [6.07, 6.45) is 2.94. The van der Waals surface area contributed by atoms with Crippen LogP contribution in [-0.4, -0.2) is 47.1 Å². The highest BCUT2D eigenvalue weighted by atomic mass is 16.5. The Morgan fingerprint density at radius 1 is 1.31 bits per heavy atom. The van der Waals surface area contributed by atoms with E-state index in [0.717, 1.165) is 5.69 Å². The summed E-state index contributed by atoms with van der Waals surface area (Å²) >= 11 is 0. The molecule has 1 aromatic heterocycles. The molecule has 0 spiro atoms. The van der Waals surface area contributed by atoms with Crippen LogP contribution in [0.4, 0.5) is 10.5 Å². The molecular formula is C18H17N5O3. The van der Waals surface area contributed by atoms with Crippen molar-refractivity contribution in [3.63, 3.8) is 0 Å². The van der Waals surface area contributed by atoms with Gasteiger partial charge < -0.3 is 9.64 Å². The highest BCUT2D eigenvalue weighted by Gasteiger charge is 2.40. The average Bonchev–Trinajstić information content (AvgIpc) is 3.03. The van der Waals surface area contributed by atoms with E-state index in [1.54, 1.807) is 9.80 Å². The minimum Gasteiger partial charge on any atom is -0.469 e. The van der Waals surface area contributed by atoms with E-state index in [2.05, 4.69) is 14.7 Å². The fourth-order valence-electron chi connectivity index (χ4n) is 2.82. The number of esters is 1. The van der Waals surface area contributed by atoms with E-state index in [0.29, 0.717) is 17.9 Å². The van der Waals surface area contributed by atoms with Crippen LogP contribution < -0.4 is 4.90 Å². The fourth-order valence-corrected chi connectivity index (χ4v) is 2.82. The fraction of sp³-hybridized carbons (Fsp3) is 0.278. The number of ether oxygens (including phenoxy) is 1. The van der Waals surface area contributed by atoms with E-state index in [-0.39, 0.29) is 19.0 Å². The third-order valence-electron chi connectivity index (χ3n) is 4.16. The Labute approximate surface area is 150 Å². The largest absolute Gasteiger partial charge is 0.469 e. The van der Waals surface area contributed by atoms with E-state index in [1.165, 1.54) is 19.5 Å². The lowest BCUT2D eigenvalue weighted by Crippen LogP contribution is -2.34. The van der Waals surface area contributed by atoms with E-state index in [9.17, 15) is 9.59 Å². The molecule has 2 heterocycles. The molecule has 1 aliphatic heterocycles. The van der Waals surface area contributed by atoms with Crippen LogP contribution >= 0.6 is 0 Å². The Morgan fingerprint density at radius 2 is 2.00 bits per heavy atom. The summed E-state index contributed by atoms with van der Waals surface area (Å²) < 4.78 is 4.67. The molecular weight excluding hydrogens is 334 g/mol. The lowest BCUT2D eigenvalue weighted by atomic mass is 10.2. The smallest absolute Gasteiger partial charge is 0.325 e. The van der Waals surface area contributed by atoms with Gasteiger partial charge in [0.05, 0.1) is 25.6 Å². The van der Waals surface area contributed by atoms with E-state index >= 15 is 0 Å². The Balaban J connectivity index is 1.89. The van der Waals surface area contributed by atoms with Crippen molar-refractivity contribution >= 4 is 17.7 Å². The van der Waals surface area contributed by atoms with Crippen LogP contribution in [0.2, 0.25) is 0 Å². The second-order valence-corrected chi connectivity index (χ2v) is 5.71. The third-order valence-corrected chi connectivity index (χ3v) is 4.16. The summed E-state index contributed by atoms with van der Waals surface area (Å²) in [6.45, 7) is 0.554. The second kappa shape index (κ2) is 7.61. The summed E-state index contributed by atoms with van der Waals surface area (Å²) in [5, 5.41) is 8.90. The van der Waals surface area contributed by atoms with Crippen LogP contribution in [0.1, 0.15) is 23.9 Å². The first-order valence-corrected chi connectivity index (χ1v) is 8.06. The summed E-state index contributed by atoms with van der Waals surface area (Å²) in [5.74, 6) is 0.0381. The van der Waals surface area contributed by atoms with Gasteiger partial charge in [0.25, 0.3) is 0 Å². The molecule has 1 fully saturated rings. The number of benzene rings is 1. The summed E-state index contributed by atoms with van der Waals surface area (Å²) in [6, 6.07) is 10.6. The Morgan fingerprint density at radius 3 is 2.62 bits per heavy atom. The molecule has 1 saturated heterocycles. The molecule has 1 aliphatic rings. The molecule has 0 aliphatic carbocycles. The first-order valence-electron chi connectivity index (χ1n) is 8.06. The van der Waals surface area contributed by atoms with Crippen molar-refractivity contribution in [3.05, 3.63) is 54.1 Å². The van der Waals surface area contributed by atoms with Crippen LogP contribution in [0.3, 0.4) is 0 Å². The first kappa shape index (κ1) is 17.4. The van der Waals surface area contributed by atoms with Gasteiger partial charge in [0, 0.05) is 24.6 Å². The molecule has 8 heteroatoms. The van der Waals surface area contributed by atoms with Crippen molar-refractivity contribution in [2.24, 2.45) is 0 Å². The van der Waals surface area contributed by atoms with Crippen LogP contribution in [0.15, 0.2) is 42.7 Å². The molecule has 0 bridgehead atoms. The van der Waals surface area contributed by atoms with Crippen LogP contribution in [0, 0.1) is 11.3 Å². The third kappa shape index (κ3) is 3.47. The molecule has 1 unspecified atom stereocenters. The normalized spacial score (nSPS) is 16.5. The highest BCUT2D eigenvalue weighted by Crippen LogP contribution is 2.31. The van der Waals surface area contributed by atoms with Gasteiger partial charge in [-0.05, 0) is 12.1 Å². The predicted octanol–water partition coefficient (Wildman–Crippen LogP) is 1.89. The zero-order valence-corrected chi connectivity index (χ0v) is 14.2. The molecule has 2 amide bonds. The number of rotatable bonds is 5. The Hall–Kier alpha value is -3.47. The van der Waals surface area contributed by atoms with Gasteiger partial charge >= 0.3 is 12.0 Å². The van der Waals surface area contributed by atoms with Gasteiger partial charge in [-0.1, -0.05) is 18.2 Å². The van der Waals surface area contributed by atoms with Gasteiger partial charge in [0.15, 0.2) is 5.82 Å². The Kier molecular flexibility index (Phi) is 5.08. The Bertz CT molecular complexity index is 832. The number of para-hydroxylation sites is 1. The first-order chi connectivity index (χ1) is 12.6. The van der Waals surface area contributed by atoms with Gasteiger partial charge in [0.2, 0.25) is 0 Å². The number of carbonyl (C=O) groups is 2. The van der Waals surface area contributed by atoms with Crippen molar-refractivity contribution in [1.82, 2.24) is 14.9 Å². The van der Waals surface area contributed by atoms with Crippen LogP contribution in [0.25, 0.3) is 0 Å². The highest BCUT2D eigenvalue weighted by molar-refractivity contribution is 5.94. The van der Waals surface area contributed by atoms with Gasteiger partial charge in [-0.25, -0.2) is 14.8 Å². The van der Waals surface area contributed by atoms with Crippen molar-refractivity contribution in [3.8, 4) is 6.07 Å². The maximum Gasteiger partial charge on any atom is 0.325 e. The number of hydrogen-bond acceptors (Lipinski definition) is 6. The minimum absolute atomic E-state index is 0.0810. The van der Waals surface area contributed by atoms with Gasteiger partial charge in [0.1, 0.15) is 12.1 Å². The standard InChI is InChI=1S/C18H17N5O3/c1-26-16(24)7-8-22-15(17-20-10-13(9-19)11-21-17)12-23(18(22)25)14-5-3-2-4-6-14/h2-6,10-11,15H,7-8,12H2,1H3. The average molecular weight is 351 g/mol. The molecule has 0 N–H and O–H groups in total. The molecule has 2 aromatic rings. The molecule has 1 aromatic carbocycles. The molecule has 8 nitrogen and oxygen atoms in total. The number of aromatic nitrogens is 2. The van der Waals surface area contributed by atoms with E-state index in [1.807, 2.05) is 36.4 Å². The maximum atomic E-state index is 12.9. The molecule has 26 heavy (non-hydrogen) atoms. The zero-order chi connectivity index (χ0) is 18.5. The van der Waals surface area contributed by atoms with Crippen LogP contribution in [0.5, 0.6) is 0 Å². The van der Waals surface area contributed by atoms with Gasteiger partial charge in [-0.15, -0.1) is 0 Å². The number of carbonyl (C=O) groups excluding carboxylic acids is 2. The monoisotopic (exact) mass is 351 g/mol. The predicted molar refractivity (Wildman–Crippen MR) is 92.0 cm³/mol. The van der Waals surface area contributed by atoms with Crippen LogP contribution in [-0.2, 0) is 9.53 Å². The number of nitrogens with zero attached hydrogens (tertiary/aromatic N) is 5. The number of nitriles is 1. The number of methoxy groups -OCH3 is 1. The number of urea groups is 1. The number of anilines is 1. The molecule has 0 radical (unpaired) electrons. The lowest BCUT2D eigenvalue weighted by molar-refractivity contribution is -0.140. The topological polar surface area (TPSA) is 99.4 Å². The van der Waals surface area contributed by atoms with E-state index < -0.39 is 12.0 Å². The molecule has 1 atom stereocenters. The second-order valence-electron chi connectivity index (χ2n) is 5.71. The van der Waals surface area contributed by atoms with E-state index in [4.69, 9.17) is 5.26 Å². The summed E-state index contributed by atoms with van der Waals surface area (Å²) in [7, 11) is 1.31. The summed E-state index contributed by atoms with van der Waals surface area (Å²) in [5.41, 5.74) is 1.11. The summed E-state index contributed by atoms with van der Waals surface area (Å²) in [4.78, 5) is 36.0. The van der Waals surface area contributed by atoms with Crippen molar-refractivity contribution in [2.45, 2.75) is 12.5 Å². The van der Waals surface area contributed by atoms with Crippen molar-refractivity contribution < 1.29 is 14.3 Å². The van der Waals surface area contributed by atoms with Crippen molar-refractivity contribution in [1.29, 1.82) is 5.26 Å². The van der Waals surface area contributed by atoms with Crippen molar-refractivity contribution in [2.75, 3.05) is 25.1 Å². The lowest BCUT2D eigenvalue weighted by Gasteiger charge is -2.21. The van der Waals surface area contributed by atoms with Gasteiger partial charge in [-0.3, -0.25) is 9.69 Å². The molecule has 3 rings (SSSR count). The minimum atomic E-state index is -0.417. The SMILES string of the molecule is COC(=O)CCN1C(=O)N(c2ccccc2)CC1c1ncc(C#N)cn1. The number of hydrogen-bond donors (Lipinski definition) is 0. The maximum absolute atomic E-state index is 12.9. The van der Waals surface area contributed by atoms with Gasteiger partial charge in [-0.2, -0.15) is 5.26 Å². The molecule has 132 valence electrons. The molecule has 0 saturated carbocycles. The zero-order valence-electron chi connectivity index (χ0n) is 14.2. The quantitative estimate of drug-likeness (QED) is 0.763. The number of amides is 2.